The van der Waals surface area contributed by atoms with Crippen molar-refractivity contribution in [2.24, 2.45) is 5.92 Å². The number of amides is 2. The normalized spacial score (nSPS) is 14.7. The van der Waals surface area contributed by atoms with Gasteiger partial charge in [0.1, 0.15) is 5.75 Å². The van der Waals surface area contributed by atoms with Crippen LogP contribution in [0.4, 0.5) is 9.93 Å². The van der Waals surface area contributed by atoms with Gasteiger partial charge in [-0.2, -0.15) is 0 Å². The molecule has 0 saturated carbocycles. The highest BCUT2D eigenvalue weighted by molar-refractivity contribution is 7.22. The van der Waals surface area contributed by atoms with Gasteiger partial charge in [0.15, 0.2) is 5.13 Å². The highest BCUT2D eigenvalue weighted by atomic mass is 32.1. The second kappa shape index (κ2) is 8.97. The largest absolute Gasteiger partial charge is 0.497 e. The highest BCUT2D eigenvalue weighted by Gasteiger charge is 2.32. The maximum Gasteiger partial charge on any atom is 0.409 e. The zero-order chi connectivity index (χ0) is 21.1. The lowest BCUT2D eigenvalue weighted by molar-refractivity contribution is -0.123. The fraction of sp³-hybridized carbons (Fsp3) is 0.400. The Kier molecular flexibility index (Phi) is 6.14. The molecule has 0 atom stereocenters. The zero-order valence-electron chi connectivity index (χ0n) is 16.7. The average molecular weight is 447 g/mol. The number of nitrogens with zero attached hydrogens (tertiary/aromatic N) is 4. The summed E-state index contributed by atoms with van der Waals surface area (Å²) in [7, 11) is 3.00. The number of carbonyl (C=O) groups is 2. The number of benzene rings is 1. The summed E-state index contributed by atoms with van der Waals surface area (Å²) in [6, 6.07) is 5.70. The minimum absolute atomic E-state index is 0.0268. The molecule has 30 heavy (non-hydrogen) atoms. The SMILES string of the molecule is COC(=O)N1CCC(C(=O)N(Cc2cncs2)c2nc3ccc(OC)cc3s2)CC1. The number of hydrogen-bond acceptors (Lipinski definition) is 8. The molecule has 4 rings (SSSR count). The maximum absolute atomic E-state index is 13.5. The van der Waals surface area contributed by atoms with Crippen LogP contribution in [-0.4, -0.2) is 54.2 Å². The van der Waals surface area contributed by atoms with Crippen molar-refractivity contribution in [2.75, 3.05) is 32.2 Å². The number of aromatic nitrogens is 2. The first-order chi connectivity index (χ1) is 14.6. The van der Waals surface area contributed by atoms with Crippen LogP contribution in [-0.2, 0) is 16.1 Å². The van der Waals surface area contributed by atoms with Crippen molar-refractivity contribution in [1.29, 1.82) is 0 Å². The van der Waals surface area contributed by atoms with E-state index in [0.717, 1.165) is 20.8 Å². The quantitative estimate of drug-likeness (QED) is 0.593. The highest BCUT2D eigenvalue weighted by Crippen LogP contribution is 2.34. The molecule has 3 aromatic rings. The van der Waals surface area contributed by atoms with Gasteiger partial charge >= 0.3 is 6.09 Å². The lowest BCUT2D eigenvalue weighted by atomic mass is 9.95. The molecule has 8 nitrogen and oxygen atoms in total. The first-order valence-corrected chi connectivity index (χ1v) is 11.2. The van der Waals surface area contributed by atoms with Crippen LogP contribution in [0.15, 0.2) is 29.9 Å². The van der Waals surface area contributed by atoms with E-state index in [1.807, 2.05) is 18.2 Å². The van der Waals surface area contributed by atoms with Crippen molar-refractivity contribution >= 4 is 50.0 Å². The Bertz CT molecular complexity index is 1030. The topological polar surface area (TPSA) is 84.9 Å². The van der Waals surface area contributed by atoms with E-state index in [2.05, 4.69) is 4.98 Å². The van der Waals surface area contributed by atoms with E-state index in [0.29, 0.717) is 37.6 Å². The molecule has 2 aromatic heterocycles. The summed E-state index contributed by atoms with van der Waals surface area (Å²) < 4.78 is 11.1. The van der Waals surface area contributed by atoms with Gasteiger partial charge in [-0.25, -0.2) is 9.78 Å². The summed E-state index contributed by atoms with van der Waals surface area (Å²) in [6.07, 6.45) is 2.64. The molecule has 1 saturated heterocycles. The van der Waals surface area contributed by atoms with Crippen molar-refractivity contribution in [1.82, 2.24) is 14.9 Å². The molecular weight excluding hydrogens is 424 g/mol. The minimum Gasteiger partial charge on any atom is -0.497 e. The third-order valence-corrected chi connectivity index (χ3v) is 6.96. The Morgan fingerprint density at radius 3 is 2.73 bits per heavy atom. The molecule has 158 valence electrons. The third kappa shape index (κ3) is 4.24. The molecule has 1 aromatic carbocycles. The van der Waals surface area contributed by atoms with E-state index in [9.17, 15) is 9.59 Å². The average Bonchev–Trinajstić information content (AvgIpc) is 3.45. The minimum atomic E-state index is -0.345. The summed E-state index contributed by atoms with van der Waals surface area (Å²) in [4.78, 5) is 38.5. The molecule has 0 radical (unpaired) electrons. The molecule has 1 aliphatic rings. The van der Waals surface area contributed by atoms with Crippen molar-refractivity contribution in [3.05, 3.63) is 34.8 Å². The molecule has 3 heterocycles. The monoisotopic (exact) mass is 446 g/mol. The molecule has 0 aliphatic carbocycles. The predicted octanol–water partition coefficient (Wildman–Crippen LogP) is 3.77. The number of carbonyl (C=O) groups excluding carboxylic acids is 2. The van der Waals surface area contributed by atoms with E-state index >= 15 is 0 Å². The van der Waals surface area contributed by atoms with Crippen LogP contribution in [0.2, 0.25) is 0 Å². The van der Waals surface area contributed by atoms with Crippen LogP contribution in [0.3, 0.4) is 0 Å². The van der Waals surface area contributed by atoms with Crippen LogP contribution in [0.5, 0.6) is 5.75 Å². The second-order valence-electron chi connectivity index (χ2n) is 6.95. The zero-order valence-corrected chi connectivity index (χ0v) is 18.4. The van der Waals surface area contributed by atoms with Gasteiger partial charge in [0, 0.05) is 30.1 Å². The van der Waals surface area contributed by atoms with Gasteiger partial charge in [-0.15, -0.1) is 11.3 Å². The number of hydrogen-bond donors (Lipinski definition) is 0. The number of likely N-dealkylation sites (tertiary alicyclic amines) is 1. The van der Waals surface area contributed by atoms with Crippen molar-refractivity contribution < 1.29 is 19.1 Å². The predicted molar refractivity (Wildman–Crippen MR) is 116 cm³/mol. The fourth-order valence-electron chi connectivity index (χ4n) is 3.51. The van der Waals surface area contributed by atoms with E-state index in [1.165, 1.54) is 29.8 Å². The number of anilines is 1. The number of methoxy groups -OCH3 is 2. The third-order valence-electron chi connectivity index (χ3n) is 5.16. The maximum atomic E-state index is 13.5. The van der Waals surface area contributed by atoms with Gasteiger partial charge < -0.3 is 14.4 Å². The Hall–Kier alpha value is -2.72. The molecular formula is C20H22N4O4S2. The molecule has 2 amide bonds. The summed E-state index contributed by atoms with van der Waals surface area (Å²) in [5, 5.41) is 0.659. The molecule has 10 heteroatoms. The smallest absolute Gasteiger partial charge is 0.409 e. The first kappa shape index (κ1) is 20.5. The molecule has 0 N–H and O–H groups in total. The lowest BCUT2D eigenvalue weighted by Crippen LogP contribution is -2.44. The summed E-state index contributed by atoms with van der Waals surface area (Å²) in [5.74, 6) is 0.618. The fourth-order valence-corrected chi connectivity index (χ4v) is 5.09. The van der Waals surface area contributed by atoms with Gasteiger partial charge in [-0.1, -0.05) is 11.3 Å². The summed E-state index contributed by atoms with van der Waals surface area (Å²) in [6.45, 7) is 1.45. The summed E-state index contributed by atoms with van der Waals surface area (Å²) >= 11 is 2.98. The van der Waals surface area contributed by atoms with Gasteiger partial charge in [0.2, 0.25) is 5.91 Å². The molecule has 1 aliphatic heterocycles. The Morgan fingerprint density at radius 2 is 2.07 bits per heavy atom. The number of piperidine rings is 1. The number of thiazole rings is 2. The van der Waals surface area contributed by atoms with E-state index < -0.39 is 0 Å². The van der Waals surface area contributed by atoms with Crippen molar-refractivity contribution in [2.45, 2.75) is 19.4 Å². The van der Waals surface area contributed by atoms with Gasteiger partial charge in [0.05, 0.1) is 36.5 Å². The molecule has 1 fully saturated rings. The van der Waals surface area contributed by atoms with Crippen molar-refractivity contribution in [3.8, 4) is 5.75 Å². The van der Waals surface area contributed by atoms with E-state index in [1.54, 1.807) is 28.6 Å². The number of fused-ring (bicyclic) bond motifs is 1. The Labute approximate surface area is 182 Å². The molecule has 0 unspecified atom stereocenters. The second-order valence-corrected chi connectivity index (χ2v) is 8.93. The van der Waals surface area contributed by atoms with Crippen LogP contribution < -0.4 is 9.64 Å². The van der Waals surface area contributed by atoms with Crippen LogP contribution in [0, 0.1) is 5.92 Å². The molecule has 0 spiro atoms. The van der Waals surface area contributed by atoms with E-state index in [-0.39, 0.29) is 17.9 Å². The number of rotatable bonds is 5. The summed E-state index contributed by atoms with van der Waals surface area (Å²) in [5.41, 5.74) is 2.59. The Balaban J connectivity index is 1.59. The van der Waals surface area contributed by atoms with Crippen LogP contribution in [0.25, 0.3) is 10.2 Å². The van der Waals surface area contributed by atoms with Crippen molar-refractivity contribution in [3.63, 3.8) is 0 Å². The van der Waals surface area contributed by atoms with E-state index in [4.69, 9.17) is 14.5 Å². The van der Waals surface area contributed by atoms with Gasteiger partial charge in [-0.05, 0) is 31.0 Å². The van der Waals surface area contributed by atoms with Crippen LogP contribution >= 0.6 is 22.7 Å². The van der Waals surface area contributed by atoms with Crippen LogP contribution in [0.1, 0.15) is 17.7 Å². The standard InChI is InChI=1S/C20H22N4O4S2/c1-27-14-3-4-16-17(9-14)30-19(22-16)24(11-15-10-21-12-29-15)18(25)13-5-7-23(8-6-13)20(26)28-2/h3-4,9-10,12-13H,5-8,11H2,1-2H3. The molecule has 0 bridgehead atoms. The number of ether oxygens (including phenoxy) is 2. The first-order valence-electron chi connectivity index (χ1n) is 9.55. The van der Waals surface area contributed by atoms with Gasteiger partial charge in [0.25, 0.3) is 0 Å². The van der Waals surface area contributed by atoms with Gasteiger partial charge in [-0.3, -0.25) is 14.7 Å². The Morgan fingerprint density at radius 1 is 1.27 bits per heavy atom. The lowest BCUT2D eigenvalue weighted by Gasteiger charge is -2.32.